The van der Waals surface area contributed by atoms with E-state index in [1.165, 1.54) is 0 Å². The smallest absolute Gasteiger partial charge is 0.0131 e. The second kappa shape index (κ2) is 1.72. The summed E-state index contributed by atoms with van der Waals surface area (Å²) in [5.41, 5.74) is 5.98. The van der Waals surface area contributed by atoms with Gasteiger partial charge in [-0.15, -0.1) is 0 Å². The molecule has 0 heterocycles. The lowest BCUT2D eigenvalue weighted by molar-refractivity contribution is 0.418. The molecule has 2 unspecified atom stereocenters. The van der Waals surface area contributed by atoms with Gasteiger partial charge in [-0.2, -0.15) is 0 Å². The molecule has 2 N–H and O–H groups in total. The SMILES string of the molecule is CC1C(C(C)(C)N)[C@@H]1C. The molecule has 0 amide bonds. The minimum absolute atomic E-state index is 0.0544. The predicted molar refractivity (Wildman–Crippen MR) is 40.1 cm³/mol. The number of hydrogen-bond donors (Lipinski definition) is 1. The highest BCUT2D eigenvalue weighted by Gasteiger charge is 2.49. The van der Waals surface area contributed by atoms with E-state index in [4.69, 9.17) is 5.73 Å². The summed E-state index contributed by atoms with van der Waals surface area (Å²) in [6.07, 6.45) is 0. The second-order valence-electron chi connectivity index (χ2n) is 4.07. The van der Waals surface area contributed by atoms with E-state index >= 15 is 0 Å². The summed E-state index contributed by atoms with van der Waals surface area (Å²) >= 11 is 0. The first-order valence-corrected chi connectivity index (χ1v) is 3.73. The van der Waals surface area contributed by atoms with Crippen molar-refractivity contribution in [3.8, 4) is 0 Å². The van der Waals surface area contributed by atoms with Gasteiger partial charge in [0.15, 0.2) is 0 Å². The van der Waals surface area contributed by atoms with Crippen molar-refractivity contribution in [3.63, 3.8) is 0 Å². The quantitative estimate of drug-likeness (QED) is 0.569. The van der Waals surface area contributed by atoms with E-state index in [1.807, 2.05) is 0 Å². The maximum atomic E-state index is 5.92. The Hall–Kier alpha value is -0.0400. The Bertz CT molecular complexity index is 104. The Kier molecular flexibility index (Phi) is 1.35. The van der Waals surface area contributed by atoms with Crippen LogP contribution in [0.1, 0.15) is 27.7 Å². The maximum Gasteiger partial charge on any atom is 0.0131 e. The summed E-state index contributed by atoms with van der Waals surface area (Å²) in [5.74, 6) is 2.47. The van der Waals surface area contributed by atoms with Gasteiger partial charge in [0.2, 0.25) is 0 Å². The molecule has 0 aromatic heterocycles. The van der Waals surface area contributed by atoms with Crippen LogP contribution in [0.4, 0.5) is 0 Å². The van der Waals surface area contributed by atoms with Crippen LogP contribution in [-0.2, 0) is 0 Å². The molecular formula is C8H17N. The van der Waals surface area contributed by atoms with E-state index in [2.05, 4.69) is 27.7 Å². The zero-order valence-electron chi connectivity index (χ0n) is 6.81. The van der Waals surface area contributed by atoms with E-state index in [1.54, 1.807) is 0 Å². The van der Waals surface area contributed by atoms with Gasteiger partial charge in [-0.25, -0.2) is 0 Å². The Morgan fingerprint density at radius 2 is 1.44 bits per heavy atom. The third-order valence-electron chi connectivity index (χ3n) is 2.68. The lowest BCUT2D eigenvalue weighted by Crippen LogP contribution is -2.35. The molecule has 1 aliphatic carbocycles. The van der Waals surface area contributed by atoms with E-state index in [0.29, 0.717) is 0 Å². The van der Waals surface area contributed by atoms with E-state index in [9.17, 15) is 0 Å². The van der Waals surface area contributed by atoms with Crippen molar-refractivity contribution in [3.05, 3.63) is 0 Å². The predicted octanol–water partition coefficient (Wildman–Crippen LogP) is 1.63. The first kappa shape index (κ1) is 7.07. The van der Waals surface area contributed by atoms with Crippen molar-refractivity contribution in [2.75, 3.05) is 0 Å². The van der Waals surface area contributed by atoms with Gasteiger partial charge in [-0.05, 0) is 31.6 Å². The van der Waals surface area contributed by atoms with Crippen LogP contribution in [0.15, 0.2) is 0 Å². The molecule has 0 aliphatic heterocycles. The number of rotatable bonds is 1. The molecule has 54 valence electrons. The van der Waals surface area contributed by atoms with E-state index in [0.717, 1.165) is 17.8 Å². The highest BCUT2D eigenvalue weighted by atomic mass is 14.8. The van der Waals surface area contributed by atoms with E-state index < -0.39 is 0 Å². The molecule has 9 heavy (non-hydrogen) atoms. The number of hydrogen-bond acceptors (Lipinski definition) is 1. The van der Waals surface area contributed by atoms with Crippen LogP contribution in [-0.4, -0.2) is 5.54 Å². The highest BCUT2D eigenvalue weighted by Crippen LogP contribution is 2.50. The third-order valence-corrected chi connectivity index (χ3v) is 2.68. The zero-order chi connectivity index (χ0) is 7.23. The maximum absolute atomic E-state index is 5.92. The minimum Gasteiger partial charge on any atom is -0.325 e. The van der Waals surface area contributed by atoms with E-state index in [-0.39, 0.29) is 5.54 Å². The molecule has 0 radical (unpaired) electrons. The van der Waals surface area contributed by atoms with Crippen LogP contribution in [0.25, 0.3) is 0 Å². The summed E-state index contributed by atoms with van der Waals surface area (Å²) in [6.45, 7) is 8.81. The van der Waals surface area contributed by atoms with Gasteiger partial charge >= 0.3 is 0 Å². The van der Waals surface area contributed by atoms with Crippen LogP contribution >= 0.6 is 0 Å². The number of nitrogens with two attached hydrogens (primary N) is 1. The Labute approximate surface area is 57.6 Å². The molecule has 0 aromatic rings. The van der Waals surface area contributed by atoms with Crippen molar-refractivity contribution in [1.82, 2.24) is 0 Å². The summed E-state index contributed by atoms with van der Waals surface area (Å²) in [7, 11) is 0. The summed E-state index contributed by atoms with van der Waals surface area (Å²) in [6, 6.07) is 0. The average Bonchev–Trinajstić information content (AvgIpc) is 2.11. The minimum atomic E-state index is 0.0544. The van der Waals surface area contributed by atoms with Gasteiger partial charge in [0.1, 0.15) is 0 Å². The van der Waals surface area contributed by atoms with Crippen molar-refractivity contribution < 1.29 is 0 Å². The second-order valence-corrected chi connectivity index (χ2v) is 4.07. The van der Waals surface area contributed by atoms with Crippen molar-refractivity contribution >= 4 is 0 Å². The highest BCUT2D eigenvalue weighted by molar-refractivity contribution is 5.02. The van der Waals surface area contributed by atoms with Gasteiger partial charge in [-0.3, -0.25) is 0 Å². The molecule has 3 atom stereocenters. The molecule has 0 spiro atoms. The van der Waals surface area contributed by atoms with Crippen LogP contribution < -0.4 is 5.73 Å². The topological polar surface area (TPSA) is 26.0 Å². The van der Waals surface area contributed by atoms with Crippen molar-refractivity contribution in [2.45, 2.75) is 33.2 Å². The molecule has 0 saturated heterocycles. The summed E-state index contributed by atoms with van der Waals surface area (Å²) in [5, 5.41) is 0. The Balaban J connectivity index is 2.50. The first-order valence-electron chi connectivity index (χ1n) is 3.73. The average molecular weight is 127 g/mol. The summed E-state index contributed by atoms with van der Waals surface area (Å²) in [4.78, 5) is 0. The van der Waals surface area contributed by atoms with Gasteiger partial charge in [0.25, 0.3) is 0 Å². The van der Waals surface area contributed by atoms with Crippen molar-refractivity contribution in [2.24, 2.45) is 23.5 Å². The lowest BCUT2D eigenvalue weighted by atomic mass is 9.98. The Morgan fingerprint density at radius 3 is 1.44 bits per heavy atom. The van der Waals surface area contributed by atoms with Crippen LogP contribution in [0.3, 0.4) is 0 Å². The fourth-order valence-corrected chi connectivity index (χ4v) is 2.02. The van der Waals surface area contributed by atoms with Gasteiger partial charge in [0, 0.05) is 5.54 Å². The lowest BCUT2D eigenvalue weighted by Gasteiger charge is -2.17. The molecule has 1 aliphatic rings. The van der Waals surface area contributed by atoms with Gasteiger partial charge < -0.3 is 5.73 Å². The van der Waals surface area contributed by atoms with Gasteiger partial charge in [-0.1, -0.05) is 13.8 Å². The largest absolute Gasteiger partial charge is 0.325 e. The van der Waals surface area contributed by atoms with Crippen LogP contribution in [0.2, 0.25) is 0 Å². The Morgan fingerprint density at radius 1 is 1.11 bits per heavy atom. The zero-order valence-corrected chi connectivity index (χ0v) is 6.81. The van der Waals surface area contributed by atoms with Gasteiger partial charge in [0.05, 0.1) is 0 Å². The normalized spacial score (nSPS) is 43.0. The molecule has 1 fully saturated rings. The molecule has 1 saturated carbocycles. The fraction of sp³-hybridized carbons (Fsp3) is 1.00. The molecular weight excluding hydrogens is 110 g/mol. The summed E-state index contributed by atoms with van der Waals surface area (Å²) < 4.78 is 0. The monoisotopic (exact) mass is 127 g/mol. The first-order chi connectivity index (χ1) is 3.94. The van der Waals surface area contributed by atoms with Crippen LogP contribution in [0, 0.1) is 17.8 Å². The molecule has 0 bridgehead atoms. The molecule has 1 nitrogen and oxygen atoms in total. The fourth-order valence-electron chi connectivity index (χ4n) is 2.02. The molecule has 0 aromatic carbocycles. The molecule has 1 rings (SSSR count). The van der Waals surface area contributed by atoms with Crippen molar-refractivity contribution in [1.29, 1.82) is 0 Å². The van der Waals surface area contributed by atoms with Crippen LogP contribution in [0.5, 0.6) is 0 Å². The third kappa shape index (κ3) is 1.11. The molecule has 1 heteroatoms. The standard InChI is InChI=1S/C8H17N/c1-5-6(2)7(5)8(3,4)9/h5-7H,9H2,1-4H3/t5-,6?,7?/m1/s1.